The van der Waals surface area contributed by atoms with Crippen LogP contribution in [0.15, 0.2) is 240 Å². The number of hydrogen-bond acceptors (Lipinski definition) is 31. The molecular weight excluding hydrogens is 1770 g/mol. The lowest BCUT2D eigenvalue weighted by molar-refractivity contribution is 0.382. The number of para-hydroxylation sites is 1. The van der Waals surface area contributed by atoms with Crippen molar-refractivity contribution in [3.05, 3.63) is 247 Å². The molecule has 0 aliphatic heterocycles. The Morgan fingerprint density at radius 2 is 0.536 bits per heavy atom. The second-order valence-corrected chi connectivity index (χ2v) is 38.3. The molecule has 0 fully saturated rings. The molecule has 37 heteroatoms. The van der Waals surface area contributed by atoms with Crippen molar-refractivity contribution in [1.29, 1.82) is 0 Å². The molecule has 17 aromatic heterocycles. The lowest BCUT2D eigenvalue weighted by Gasteiger charge is -2.15. The number of pyridine rings is 3. The second-order valence-electron chi connectivity index (χ2n) is 38.3. The third-order valence-electron chi connectivity index (χ3n) is 22.5. The zero-order valence-corrected chi connectivity index (χ0v) is 79.7. The molecule has 140 heavy (non-hydrogen) atoms. The van der Waals surface area contributed by atoms with Gasteiger partial charge in [-0.2, -0.15) is 30.6 Å². The van der Waals surface area contributed by atoms with Crippen LogP contribution < -0.4 is 31.9 Å². The zero-order valence-electron chi connectivity index (χ0n) is 79.7. The van der Waals surface area contributed by atoms with E-state index in [1.807, 2.05) is 164 Å². The number of benzene rings is 7. The van der Waals surface area contributed by atoms with Crippen LogP contribution in [0.1, 0.15) is 131 Å². The predicted octanol–water partition coefficient (Wildman–Crippen LogP) is 24.4. The van der Waals surface area contributed by atoms with Gasteiger partial charge in [-0.25, -0.2) is 24.9 Å². The normalized spacial score (nSPS) is 11.8. The first-order chi connectivity index (χ1) is 67.8. The fourth-order valence-electron chi connectivity index (χ4n) is 16.2. The maximum absolute atomic E-state index is 5.51. The Kier molecular flexibility index (Phi) is 26.1. The van der Waals surface area contributed by atoms with Gasteiger partial charge in [-0.15, -0.1) is 0 Å². The molecule has 708 valence electrons. The molecule has 0 unspecified atom stereocenters. The SMILES string of the molecule is CC(C)(C)Cc1noc2cc(Nc3[nH]nc4nccnc34)ccc12.CC(C)(C)Cc1noc2cc(Nc3n[nH]c4cccnc34)ccc12.CC(C)Cc1noc2cc(Nc3[nH]nc4ncccc34)ccc12.CC(C)Cc1noc2cc(Nc3[nH]nc4nccnc34)ccc12.CC(C)Cc1noc2cc(Nc3n[nH]c4ccccc34)ccc12.CC(C)Cc1noc2cc(Nc3n[nH]c4cccnc34)ccc12. The van der Waals surface area contributed by atoms with Gasteiger partial charge in [-0.1, -0.05) is 140 Å². The number of nitrogens with zero attached hydrogens (tertiary/aromatic N) is 19. The van der Waals surface area contributed by atoms with E-state index in [2.05, 4.69) is 262 Å². The Labute approximate surface area is 800 Å². The fraction of sp³-hybridized carbons (Fsp3) is 0.252. The molecule has 0 saturated heterocycles. The van der Waals surface area contributed by atoms with Crippen LogP contribution in [0.3, 0.4) is 0 Å². The van der Waals surface area contributed by atoms with Crippen molar-refractivity contribution in [3.8, 4) is 0 Å². The fourth-order valence-corrected chi connectivity index (χ4v) is 16.2. The van der Waals surface area contributed by atoms with E-state index in [4.69, 9.17) is 27.1 Å². The third kappa shape index (κ3) is 21.3. The van der Waals surface area contributed by atoms with Crippen LogP contribution in [-0.4, -0.2) is 127 Å². The maximum atomic E-state index is 5.51. The van der Waals surface area contributed by atoms with Gasteiger partial charge in [-0.3, -0.25) is 40.6 Å². The number of hydrogen-bond donors (Lipinski definition) is 12. The summed E-state index contributed by atoms with van der Waals surface area (Å²) in [4.78, 5) is 29.8. The minimum absolute atomic E-state index is 0.161. The largest absolute Gasteiger partial charge is 0.356 e. The van der Waals surface area contributed by atoms with Crippen molar-refractivity contribution < 1.29 is 27.1 Å². The van der Waals surface area contributed by atoms with Crippen molar-refractivity contribution in [2.75, 3.05) is 31.9 Å². The Balaban J connectivity index is 0.000000107. The van der Waals surface area contributed by atoms with Gasteiger partial charge in [0.15, 0.2) is 79.3 Å². The van der Waals surface area contributed by atoms with Crippen molar-refractivity contribution in [3.63, 3.8) is 0 Å². The summed E-state index contributed by atoms with van der Waals surface area (Å²) in [5.74, 6) is 6.60. The van der Waals surface area contributed by atoms with E-state index in [1.165, 1.54) is 0 Å². The number of H-pyrrole nitrogens is 6. The van der Waals surface area contributed by atoms with E-state index < -0.39 is 0 Å². The van der Waals surface area contributed by atoms with E-state index in [0.29, 0.717) is 74.9 Å². The second kappa shape index (κ2) is 39.9. The average Bonchev–Trinajstić information content (AvgIpc) is 1.66. The molecule has 7 aromatic carbocycles. The lowest BCUT2D eigenvalue weighted by Crippen LogP contribution is -2.09. The first kappa shape index (κ1) is 91.7. The maximum Gasteiger partial charge on any atom is 0.201 e. The number of aromatic amines is 6. The van der Waals surface area contributed by atoms with Crippen molar-refractivity contribution in [1.82, 2.24) is 127 Å². The molecule has 24 rings (SSSR count). The molecule has 37 nitrogen and oxygen atoms in total. The highest BCUT2D eigenvalue weighted by molar-refractivity contribution is 5.97. The summed E-state index contributed by atoms with van der Waals surface area (Å²) < 4.78 is 32.9. The van der Waals surface area contributed by atoms with Gasteiger partial charge in [0.2, 0.25) is 11.3 Å². The molecular formula is C103H105N31O6. The summed E-state index contributed by atoms with van der Waals surface area (Å²) in [6.07, 6.45) is 17.1. The molecule has 0 atom stereocenters. The smallest absolute Gasteiger partial charge is 0.201 e. The van der Waals surface area contributed by atoms with Crippen LogP contribution in [0.4, 0.5) is 69.0 Å². The third-order valence-corrected chi connectivity index (χ3v) is 22.5. The monoisotopic (exact) mass is 1870 g/mol. The van der Waals surface area contributed by atoms with Gasteiger partial charge in [0.1, 0.15) is 16.9 Å². The molecule has 0 aliphatic rings. The summed E-state index contributed by atoms with van der Waals surface area (Å²) >= 11 is 0. The van der Waals surface area contributed by atoms with Crippen LogP contribution in [-0.2, 0) is 38.5 Å². The minimum atomic E-state index is 0.161. The minimum Gasteiger partial charge on any atom is -0.356 e. The van der Waals surface area contributed by atoms with E-state index in [0.717, 1.165) is 223 Å². The van der Waals surface area contributed by atoms with E-state index >= 15 is 0 Å². The molecule has 0 saturated carbocycles. The van der Waals surface area contributed by atoms with E-state index in [1.54, 1.807) is 43.4 Å². The molecule has 0 radical (unpaired) electrons. The quantitative estimate of drug-likeness (QED) is 0.0300. The molecule has 17 heterocycles. The summed E-state index contributed by atoms with van der Waals surface area (Å²) in [7, 11) is 0. The summed E-state index contributed by atoms with van der Waals surface area (Å²) in [5, 5.41) is 96.4. The summed E-state index contributed by atoms with van der Waals surface area (Å²) in [6, 6.07) is 55.5. The van der Waals surface area contributed by atoms with Gasteiger partial charge in [0.05, 0.1) is 56.1 Å². The van der Waals surface area contributed by atoms with Crippen LogP contribution in [0.5, 0.6) is 0 Å². The highest BCUT2D eigenvalue weighted by atomic mass is 16.5. The molecule has 12 N–H and O–H groups in total. The zero-order chi connectivity index (χ0) is 96.7. The average molecular weight is 1870 g/mol. The van der Waals surface area contributed by atoms with Crippen LogP contribution >= 0.6 is 0 Å². The Morgan fingerprint density at radius 1 is 0.250 bits per heavy atom. The number of aromatic nitrogens is 25. The van der Waals surface area contributed by atoms with E-state index in [-0.39, 0.29) is 10.8 Å². The molecule has 0 amide bonds. The van der Waals surface area contributed by atoms with Gasteiger partial charge in [0, 0.05) is 152 Å². The summed E-state index contributed by atoms with van der Waals surface area (Å²) in [6.45, 7) is 30.5. The number of nitrogens with one attached hydrogen (secondary N) is 12. The Hall–Kier alpha value is -17.4. The number of anilines is 12. The topological polar surface area (TPSA) is 491 Å². The van der Waals surface area contributed by atoms with E-state index in [9.17, 15) is 0 Å². The van der Waals surface area contributed by atoms with Gasteiger partial charge in [0.25, 0.3) is 0 Å². The summed E-state index contributed by atoms with van der Waals surface area (Å²) in [5.41, 5.74) is 24.0. The van der Waals surface area contributed by atoms with Crippen molar-refractivity contribution >= 4 is 201 Å². The first-order valence-electron chi connectivity index (χ1n) is 46.3. The highest BCUT2D eigenvalue weighted by Gasteiger charge is 2.24. The van der Waals surface area contributed by atoms with Gasteiger partial charge >= 0.3 is 0 Å². The lowest BCUT2D eigenvalue weighted by atomic mass is 9.89. The molecule has 0 bridgehead atoms. The Bertz CT molecular complexity index is 7600. The number of fused-ring (bicyclic) bond motifs is 12. The molecule has 24 aromatic rings. The van der Waals surface area contributed by atoms with Gasteiger partial charge in [-0.05, 0) is 194 Å². The number of rotatable bonds is 22. The first-order valence-corrected chi connectivity index (χ1v) is 46.3. The van der Waals surface area contributed by atoms with Crippen LogP contribution in [0.25, 0.3) is 132 Å². The van der Waals surface area contributed by atoms with Gasteiger partial charge < -0.3 is 59.0 Å². The standard InChI is InChI=1S/C18H19N5O.C18H18N4O.C17H18N6O.2C17H17N5O.C16H16N6O/c1-18(2,3)10-14-12-7-6-11(9-15(12)24-23-14)20-17-16-13(21-22-17)5-4-8-19-16;1-11(2)9-16-13-8-7-12(10-17(13)23-22-16)19-18-14-5-3-4-6-15(14)20-21-18;1-17(2,3)9-12-11-5-4-10(8-13(11)24-23-12)20-16-14-15(21-22-16)19-7-6-18-14;1-10(2)8-14-12-6-5-11(9-15(12)23-22-14)19-17-16-13(20-21-17)4-3-7-18-16;1-10(2)8-14-12-6-5-11(9-15(12)23-22-14)19-17-13-4-3-7-18-16(13)20-21-17;1-9(2)7-12-11-4-3-10(8-13(11)23-22-12)19-16-14-15(20-21-16)18-6-5-17-14/h4-9H,10H2,1-3H3,(H2,20,21,22);3-8,10-11H,9H2,1-2H3,(H2,19,20,21);4-8H,9H2,1-3H3,(H2,19,20,21,22);3-7,9-10H,8H2,1-2H3,(H2,19,20,21);3-7,9-10H,8H2,1-2H3,(H2,18,19,20,21);3-6,8-9H,7H2,1-2H3,(H2,18,19,20,21). The van der Waals surface area contributed by atoms with Crippen molar-refractivity contribution in [2.24, 2.45) is 34.5 Å². The predicted molar refractivity (Wildman–Crippen MR) is 545 cm³/mol. The van der Waals surface area contributed by atoms with Crippen LogP contribution in [0, 0.1) is 34.5 Å². The highest BCUT2D eigenvalue weighted by Crippen LogP contribution is 2.38. The van der Waals surface area contributed by atoms with Crippen LogP contribution in [0.2, 0.25) is 0 Å². The molecule has 0 aliphatic carbocycles. The Morgan fingerprint density at radius 3 is 0.929 bits per heavy atom. The van der Waals surface area contributed by atoms with Crippen molar-refractivity contribution in [2.45, 2.75) is 135 Å². The molecule has 0 spiro atoms.